The number of carboxylic acid groups (broad SMARTS) is 1. The lowest BCUT2D eigenvalue weighted by atomic mass is 9.87. The molecule has 0 unspecified atom stereocenters. The van der Waals surface area contributed by atoms with Crippen LogP contribution in [0.25, 0.3) is 11.0 Å². The molecule has 1 amide bonds. The van der Waals surface area contributed by atoms with Crippen molar-refractivity contribution in [2.75, 3.05) is 37.6 Å². The Morgan fingerprint density at radius 2 is 1.61 bits per heavy atom. The molecule has 1 atom stereocenters. The van der Waals surface area contributed by atoms with Gasteiger partial charge in [-0.15, -0.1) is 0 Å². The van der Waals surface area contributed by atoms with Gasteiger partial charge in [0.05, 0.1) is 22.5 Å². The molecule has 4 N–H and O–H groups in total. The van der Waals surface area contributed by atoms with Crippen LogP contribution in [0, 0.1) is 0 Å². The molecule has 12 heteroatoms. The minimum atomic E-state index is -4.17. The number of para-hydroxylation sites is 2. The average molecular weight is 619 g/mol. The van der Waals surface area contributed by atoms with Crippen molar-refractivity contribution in [1.29, 1.82) is 0 Å². The standard InChI is InChI=1S/C32H38N6O5S/c1-32(2,3)24-8-4-7-11-28(24)44(42,43)36-27(31(40)41)20-33-30(39)22-12-14-23(15-13-22)38-18-16-37(17-19-38)21-29-34-25-9-5-6-10-26(25)35-29/h4-15,27,36H,16-21H2,1-3H3,(H,33,39)(H,34,35)(H,40,41)/t27-/m0/s1. The Balaban J connectivity index is 1.14. The number of imidazole rings is 1. The van der Waals surface area contributed by atoms with E-state index in [2.05, 4.69) is 29.8 Å². The summed E-state index contributed by atoms with van der Waals surface area (Å²) in [6, 6.07) is 20.0. The molecule has 0 bridgehead atoms. The Morgan fingerprint density at radius 1 is 0.955 bits per heavy atom. The summed E-state index contributed by atoms with van der Waals surface area (Å²) in [4.78, 5) is 37.5. The number of anilines is 1. The summed E-state index contributed by atoms with van der Waals surface area (Å²) >= 11 is 0. The lowest BCUT2D eigenvalue weighted by Crippen LogP contribution is -2.48. The molecule has 1 aliphatic rings. The maximum atomic E-state index is 13.2. The van der Waals surface area contributed by atoms with Crippen LogP contribution >= 0.6 is 0 Å². The number of carbonyl (C=O) groups is 2. The van der Waals surface area contributed by atoms with Gasteiger partial charge in [-0.25, -0.2) is 13.4 Å². The second-order valence-electron chi connectivity index (χ2n) is 12.0. The lowest BCUT2D eigenvalue weighted by molar-refractivity contribution is -0.138. The van der Waals surface area contributed by atoms with Crippen molar-refractivity contribution in [3.8, 4) is 0 Å². The molecule has 0 saturated carbocycles. The van der Waals surface area contributed by atoms with Crippen molar-refractivity contribution in [3.63, 3.8) is 0 Å². The third-order valence-corrected chi connectivity index (χ3v) is 9.26. The molecule has 3 aromatic carbocycles. The third-order valence-electron chi connectivity index (χ3n) is 7.73. The summed E-state index contributed by atoms with van der Waals surface area (Å²) in [5.74, 6) is -0.938. The highest BCUT2D eigenvalue weighted by Crippen LogP contribution is 2.28. The number of carbonyl (C=O) groups excluding carboxylic acids is 1. The molecule has 1 saturated heterocycles. The van der Waals surface area contributed by atoms with E-state index in [4.69, 9.17) is 0 Å². The number of H-pyrrole nitrogens is 1. The summed E-state index contributed by atoms with van der Waals surface area (Å²) in [7, 11) is -4.17. The van der Waals surface area contributed by atoms with E-state index in [0.717, 1.165) is 55.3 Å². The highest BCUT2D eigenvalue weighted by atomic mass is 32.2. The molecule has 1 fully saturated rings. The van der Waals surface area contributed by atoms with Crippen LogP contribution in [0.2, 0.25) is 0 Å². The number of amides is 1. The number of fused-ring (bicyclic) bond motifs is 1. The lowest BCUT2D eigenvalue weighted by Gasteiger charge is -2.35. The van der Waals surface area contributed by atoms with E-state index < -0.39 is 39.9 Å². The van der Waals surface area contributed by atoms with E-state index in [1.54, 1.807) is 30.3 Å². The number of sulfonamides is 1. The van der Waals surface area contributed by atoms with E-state index in [1.807, 2.05) is 57.2 Å². The number of nitrogens with zero attached hydrogens (tertiary/aromatic N) is 3. The Morgan fingerprint density at radius 3 is 2.27 bits per heavy atom. The number of aromatic amines is 1. The van der Waals surface area contributed by atoms with Crippen LogP contribution in [0.5, 0.6) is 0 Å². The minimum absolute atomic E-state index is 0.0102. The molecule has 2 heterocycles. The molecule has 0 spiro atoms. The number of nitrogens with one attached hydrogen (secondary N) is 3. The zero-order chi connectivity index (χ0) is 31.5. The summed E-state index contributed by atoms with van der Waals surface area (Å²) in [6.45, 7) is 9.35. The summed E-state index contributed by atoms with van der Waals surface area (Å²) < 4.78 is 28.6. The first kappa shape index (κ1) is 31.2. The van der Waals surface area contributed by atoms with Gasteiger partial charge in [-0.2, -0.15) is 4.72 Å². The predicted molar refractivity (Wildman–Crippen MR) is 169 cm³/mol. The monoisotopic (exact) mass is 618 g/mol. The molecule has 1 aliphatic heterocycles. The van der Waals surface area contributed by atoms with Gasteiger partial charge in [-0.05, 0) is 53.4 Å². The summed E-state index contributed by atoms with van der Waals surface area (Å²) in [5, 5.41) is 12.3. The van der Waals surface area contributed by atoms with Crippen molar-refractivity contribution < 1.29 is 23.1 Å². The third kappa shape index (κ3) is 7.26. The van der Waals surface area contributed by atoms with Crippen molar-refractivity contribution in [2.45, 2.75) is 43.7 Å². The number of benzene rings is 3. The fourth-order valence-corrected chi connectivity index (χ4v) is 6.93. The van der Waals surface area contributed by atoms with Gasteiger partial charge in [-0.1, -0.05) is 51.1 Å². The second-order valence-corrected chi connectivity index (χ2v) is 13.7. The number of rotatable bonds is 10. The Bertz CT molecular complexity index is 1710. The molecule has 232 valence electrons. The number of aromatic nitrogens is 2. The maximum Gasteiger partial charge on any atom is 0.323 e. The first-order valence-electron chi connectivity index (χ1n) is 14.5. The molecule has 4 aromatic rings. The highest BCUT2D eigenvalue weighted by Gasteiger charge is 2.30. The smallest absolute Gasteiger partial charge is 0.323 e. The Kier molecular flexibility index (Phi) is 9.05. The van der Waals surface area contributed by atoms with Gasteiger partial charge in [0.2, 0.25) is 10.0 Å². The van der Waals surface area contributed by atoms with Crippen molar-refractivity contribution >= 4 is 38.6 Å². The van der Waals surface area contributed by atoms with E-state index in [0.29, 0.717) is 11.1 Å². The van der Waals surface area contributed by atoms with Crippen LogP contribution in [0.4, 0.5) is 5.69 Å². The molecule has 44 heavy (non-hydrogen) atoms. The fraction of sp³-hybridized carbons (Fsp3) is 0.344. The van der Waals surface area contributed by atoms with Gasteiger partial charge in [0, 0.05) is 44.0 Å². The maximum absolute atomic E-state index is 13.2. The zero-order valence-corrected chi connectivity index (χ0v) is 25.9. The Labute approximate surface area is 257 Å². The number of carboxylic acids is 1. The molecule has 11 nitrogen and oxygen atoms in total. The fourth-order valence-electron chi connectivity index (χ4n) is 5.33. The van der Waals surface area contributed by atoms with Crippen molar-refractivity contribution in [1.82, 2.24) is 24.9 Å². The van der Waals surface area contributed by atoms with Gasteiger partial charge in [0.15, 0.2) is 0 Å². The van der Waals surface area contributed by atoms with Gasteiger partial charge in [0.1, 0.15) is 11.9 Å². The minimum Gasteiger partial charge on any atom is -0.480 e. The zero-order valence-electron chi connectivity index (χ0n) is 25.1. The number of aliphatic carboxylic acids is 1. The van der Waals surface area contributed by atoms with E-state index in [9.17, 15) is 23.1 Å². The molecule has 0 aliphatic carbocycles. The van der Waals surface area contributed by atoms with Crippen LogP contribution in [-0.4, -0.2) is 79.0 Å². The van der Waals surface area contributed by atoms with Crippen LogP contribution in [-0.2, 0) is 26.8 Å². The largest absolute Gasteiger partial charge is 0.480 e. The number of hydrogen-bond acceptors (Lipinski definition) is 7. The Hall–Kier alpha value is -4.26. The van der Waals surface area contributed by atoms with E-state index in [1.165, 1.54) is 6.07 Å². The van der Waals surface area contributed by atoms with Crippen LogP contribution in [0.15, 0.2) is 77.7 Å². The van der Waals surface area contributed by atoms with Gasteiger partial charge >= 0.3 is 5.97 Å². The normalized spacial score (nSPS) is 15.3. The molecule has 0 radical (unpaired) electrons. The predicted octanol–water partition coefficient (Wildman–Crippen LogP) is 3.34. The van der Waals surface area contributed by atoms with Crippen molar-refractivity contribution in [3.05, 3.63) is 89.7 Å². The van der Waals surface area contributed by atoms with Crippen LogP contribution < -0.4 is 14.9 Å². The number of hydrogen-bond donors (Lipinski definition) is 4. The molecular weight excluding hydrogens is 580 g/mol. The summed E-state index contributed by atoms with van der Waals surface area (Å²) in [6.07, 6.45) is 0. The molecule has 5 rings (SSSR count). The van der Waals surface area contributed by atoms with Gasteiger partial charge < -0.3 is 20.3 Å². The first-order chi connectivity index (χ1) is 20.9. The second kappa shape index (κ2) is 12.8. The summed E-state index contributed by atoms with van der Waals surface area (Å²) in [5.41, 5.74) is 3.42. The van der Waals surface area contributed by atoms with Crippen LogP contribution in [0.3, 0.4) is 0 Å². The van der Waals surface area contributed by atoms with Crippen molar-refractivity contribution in [2.24, 2.45) is 0 Å². The molecular formula is C32H38N6O5S. The quantitative estimate of drug-likeness (QED) is 0.212. The average Bonchev–Trinajstić information content (AvgIpc) is 3.41. The van der Waals surface area contributed by atoms with Gasteiger partial charge in [0.25, 0.3) is 5.91 Å². The number of piperazine rings is 1. The molecule has 1 aromatic heterocycles. The van der Waals surface area contributed by atoms with Crippen LogP contribution in [0.1, 0.15) is 42.5 Å². The van der Waals surface area contributed by atoms with E-state index >= 15 is 0 Å². The topological polar surface area (TPSA) is 148 Å². The first-order valence-corrected chi connectivity index (χ1v) is 16.0. The SMILES string of the molecule is CC(C)(C)c1ccccc1S(=O)(=O)N[C@@H](CNC(=O)c1ccc(N2CCN(Cc3nc4ccccc4[nH]3)CC2)cc1)C(=O)O. The highest BCUT2D eigenvalue weighted by molar-refractivity contribution is 7.89. The van der Waals surface area contributed by atoms with Gasteiger partial charge in [-0.3, -0.25) is 14.5 Å². The van der Waals surface area contributed by atoms with E-state index in [-0.39, 0.29) is 4.90 Å².